The molecule has 2 N–H and O–H groups in total. The Morgan fingerprint density at radius 1 is 1.26 bits per heavy atom. The third kappa shape index (κ3) is 4.93. The maximum atomic E-state index is 12.5. The zero-order valence-corrected chi connectivity index (χ0v) is 15.7. The number of nitrogens with one attached hydrogen (secondary N) is 2. The van der Waals surface area contributed by atoms with Crippen LogP contribution in [0.25, 0.3) is 0 Å². The van der Waals surface area contributed by atoms with E-state index in [0.29, 0.717) is 11.6 Å². The number of piperidine rings is 1. The summed E-state index contributed by atoms with van der Waals surface area (Å²) in [6.07, 6.45) is 6.70. The van der Waals surface area contributed by atoms with Crippen molar-refractivity contribution in [1.29, 1.82) is 0 Å². The monoisotopic (exact) mass is 368 g/mol. The molecule has 2 aromatic rings. The fourth-order valence-electron chi connectivity index (χ4n) is 3.98. The van der Waals surface area contributed by atoms with E-state index in [9.17, 15) is 4.79 Å². The van der Waals surface area contributed by atoms with Crippen LogP contribution >= 0.6 is 0 Å². The second-order valence-electron chi connectivity index (χ2n) is 7.68. The molecule has 0 spiro atoms. The van der Waals surface area contributed by atoms with E-state index in [1.54, 1.807) is 10.9 Å². The summed E-state index contributed by atoms with van der Waals surface area (Å²) in [5.41, 5.74) is 2.40. The number of benzene rings is 1. The van der Waals surface area contributed by atoms with Crippen molar-refractivity contribution in [3.63, 3.8) is 0 Å². The van der Waals surface area contributed by atoms with Gasteiger partial charge in [0.2, 0.25) is 0 Å². The predicted molar refractivity (Wildman–Crippen MR) is 105 cm³/mol. The lowest BCUT2D eigenvalue weighted by molar-refractivity contribution is 0.102. The van der Waals surface area contributed by atoms with Gasteiger partial charge in [0.05, 0.1) is 6.20 Å². The molecule has 7 heteroatoms. The van der Waals surface area contributed by atoms with Gasteiger partial charge in [0.25, 0.3) is 5.91 Å². The van der Waals surface area contributed by atoms with Gasteiger partial charge in [-0.2, -0.15) is 0 Å². The fourth-order valence-corrected chi connectivity index (χ4v) is 3.98. The molecule has 2 aliphatic heterocycles. The third-order valence-corrected chi connectivity index (χ3v) is 5.41. The van der Waals surface area contributed by atoms with Crippen LogP contribution in [0.2, 0.25) is 0 Å². The molecule has 144 valence electrons. The van der Waals surface area contributed by atoms with Crippen LogP contribution in [0.3, 0.4) is 0 Å². The molecular weight excluding hydrogens is 340 g/mol. The zero-order valence-electron chi connectivity index (χ0n) is 15.7. The molecule has 2 saturated heterocycles. The summed E-state index contributed by atoms with van der Waals surface area (Å²) >= 11 is 0. The highest BCUT2D eigenvalue weighted by atomic mass is 16.2. The maximum Gasteiger partial charge on any atom is 0.277 e. The van der Waals surface area contributed by atoms with Crippen LogP contribution in [0, 0.1) is 5.92 Å². The summed E-state index contributed by atoms with van der Waals surface area (Å²) in [4.78, 5) is 15.0. The zero-order chi connectivity index (χ0) is 18.5. The minimum Gasteiger partial charge on any atom is -0.321 e. The first kappa shape index (κ1) is 18.1. The Hall–Kier alpha value is -2.25. The molecule has 27 heavy (non-hydrogen) atoms. The molecule has 1 unspecified atom stereocenters. The van der Waals surface area contributed by atoms with Gasteiger partial charge in [0.1, 0.15) is 0 Å². The predicted octanol–water partition coefficient (Wildman–Crippen LogP) is 2.13. The van der Waals surface area contributed by atoms with Crippen LogP contribution in [0.15, 0.2) is 30.5 Å². The molecule has 1 aromatic carbocycles. The van der Waals surface area contributed by atoms with Gasteiger partial charge in [-0.3, -0.25) is 14.4 Å². The molecule has 0 bridgehead atoms. The molecule has 0 radical (unpaired) electrons. The van der Waals surface area contributed by atoms with Crippen molar-refractivity contribution >= 4 is 11.6 Å². The number of nitrogens with zero attached hydrogens (tertiary/aromatic N) is 4. The average Bonchev–Trinajstić information content (AvgIpc) is 3.35. The highest BCUT2D eigenvalue weighted by Crippen LogP contribution is 2.17. The van der Waals surface area contributed by atoms with Crippen LogP contribution < -0.4 is 10.6 Å². The van der Waals surface area contributed by atoms with Crippen molar-refractivity contribution in [1.82, 2.24) is 25.2 Å². The molecule has 3 heterocycles. The van der Waals surface area contributed by atoms with E-state index in [-0.39, 0.29) is 5.91 Å². The van der Waals surface area contributed by atoms with E-state index >= 15 is 0 Å². The molecule has 4 rings (SSSR count). The first-order valence-corrected chi connectivity index (χ1v) is 10.00. The number of anilines is 1. The Morgan fingerprint density at radius 2 is 2.15 bits per heavy atom. The van der Waals surface area contributed by atoms with Gasteiger partial charge in [0, 0.05) is 18.8 Å². The lowest BCUT2D eigenvalue weighted by atomic mass is 10.00. The van der Waals surface area contributed by atoms with Crippen LogP contribution in [0.1, 0.15) is 41.7 Å². The number of aromatic nitrogens is 3. The van der Waals surface area contributed by atoms with Gasteiger partial charge in [-0.15, -0.1) is 5.10 Å². The second-order valence-corrected chi connectivity index (χ2v) is 7.68. The van der Waals surface area contributed by atoms with Crippen LogP contribution in [0.4, 0.5) is 5.69 Å². The number of rotatable bonds is 6. The van der Waals surface area contributed by atoms with Gasteiger partial charge >= 0.3 is 0 Å². The number of carbonyl (C=O) groups excluding carboxylic acids is 1. The van der Waals surface area contributed by atoms with Crippen LogP contribution in [-0.2, 0) is 13.1 Å². The lowest BCUT2D eigenvalue weighted by Crippen LogP contribution is -2.32. The maximum absolute atomic E-state index is 12.5. The third-order valence-electron chi connectivity index (χ3n) is 5.41. The number of amides is 1. The van der Waals surface area contributed by atoms with Crippen molar-refractivity contribution in [2.75, 3.05) is 31.5 Å². The Morgan fingerprint density at radius 3 is 2.96 bits per heavy atom. The fraction of sp³-hybridized carbons (Fsp3) is 0.550. The van der Waals surface area contributed by atoms with Crippen molar-refractivity contribution in [2.45, 2.75) is 38.8 Å². The Balaban J connectivity index is 1.34. The Bertz CT molecular complexity index is 761. The summed E-state index contributed by atoms with van der Waals surface area (Å²) in [7, 11) is 0. The highest BCUT2D eigenvalue weighted by Gasteiger charge is 2.17. The molecule has 1 atom stereocenters. The van der Waals surface area contributed by atoms with E-state index in [2.05, 4.69) is 31.9 Å². The Kier molecular flexibility index (Phi) is 5.79. The minimum absolute atomic E-state index is 0.207. The Labute approximate surface area is 160 Å². The second kappa shape index (κ2) is 8.63. The first-order chi connectivity index (χ1) is 13.3. The SMILES string of the molecule is O=C(Nc1cccc(CN2CCCC2)c1)c1cn(CC2CCCNC2)nn1. The largest absolute Gasteiger partial charge is 0.321 e. The summed E-state index contributed by atoms with van der Waals surface area (Å²) in [6, 6.07) is 8.08. The smallest absolute Gasteiger partial charge is 0.277 e. The van der Waals surface area contributed by atoms with Crippen LogP contribution in [-0.4, -0.2) is 52.0 Å². The molecule has 2 aliphatic rings. The first-order valence-electron chi connectivity index (χ1n) is 10.00. The summed E-state index contributed by atoms with van der Waals surface area (Å²) in [5.74, 6) is 0.347. The highest BCUT2D eigenvalue weighted by molar-refractivity contribution is 6.02. The number of likely N-dealkylation sites (tertiary alicyclic amines) is 1. The normalized spacial score (nSPS) is 20.7. The van der Waals surface area contributed by atoms with E-state index in [4.69, 9.17) is 0 Å². The molecule has 2 fully saturated rings. The van der Waals surface area contributed by atoms with Gasteiger partial charge in [-0.25, -0.2) is 0 Å². The summed E-state index contributed by atoms with van der Waals surface area (Å²) in [5, 5.41) is 14.5. The quantitative estimate of drug-likeness (QED) is 0.817. The molecular formula is C20H28N6O. The minimum atomic E-state index is -0.207. The van der Waals surface area contributed by atoms with E-state index in [0.717, 1.165) is 45.0 Å². The molecule has 1 amide bonds. The summed E-state index contributed by atoms with van der Waals surface area (Å²) < 4.78 is 1.79. The van der Waals surface area contributed by atoms with E-state index < -0.39 is 0 Å². The average molecular weight is 368 g/mol. The topological polar surface area (TPSA) is 75.1 Å². The molecule has 1 aromatic heterocycles. The van der Waals surface area contributed by atoms with Crippen molar-refractivity contribution in [3.8, 4) is 0 Å². The van der Waals surface area contributed by atoms with E-state index in [1.165, 1.54) is 31.2 Å². The molecule has 0 aliphatic carbocycles. The molecule has 7 nitrogen and oxygen atoms in total. The van der Waals surface area contributed by atoms with Gasteiger partial charge in [0.15, 0.2) is 5.69 Å². The molecule has 0 saturated carbocycles. The van der Waals surface area contributed by atoms with Crippen molar-refractivity contribution < 1.29 is 4.79 Å². The van der Waals surface area contributed by atoms with Crippen molar-refractivity contribution in [2.24, 2.45) is 5.92 Å². The van der Waals surface area contributed by atoms with Crippen LogP contribution in [0.5, 0.6) is 0 Å². The van der Waals surface area contributed by atoms with Gasteiger partial charge < -0.3 is 10.6 Å². The van der Waals surface area contributed by atoms with E-state index in [1.807, 2.05) is 18.2 Å². The lowest BCUT2D eigenvalue weighted by Gasteiger charge is -2.22. The standard InChI is InChI=1S/C20H28N6O/c27-20(19-15-26(24-23-19)14-17-6-4-8-21-12-17)22-18-7-3-5-16(11-18)13-25-9-1-2-10-25/h3,5,7,11,15,17,21H,1-2,4,6,8-10,12-14H2,(H,22,27). The number of hydrogen-bond donors (Lipinski definition) is 2. The summed E-state index contributed by atoms with van der Waals surface area (Å²) in [6.45, 7) is 6.17. The number of hydrogen-bond acceptors (Lipinski definition) is 5. The van der Waals surface area contributed by atoms with Gasteiger partial charge in [-0.1, -0.05) is 17.3 Å². The van der Waals surface area contributed by atoms with Crippen molar-refractivity contribution in [3.05, 3.63) is 41.7 Å². The van der Waals surface area contributed by atoms with Gasteiger partial charge in [-0.05, 0) is 75.5 Å². The number of carbonyl (C=O) groups is 1.